The van der Waals surface area contributed by atoms with Gasteiger partial charge in [-0.1, -0.05) is 18.2 Å². The first-order valence-electron chi connectivity index (χ1n) is 9.49. The Balaban J connectivity index is 1.56. The van der Waals surface area contributed by atoms with Gasteiger partial charge in [-0.2, -0.15) is 0 Å². The lowest BCUT2D eigenvalue weighted by molar-refractivity contribution is -0.138. The van der Waals surface area contributed by atoms with E-state index in [1.807, 2.05) is 27.3 Å². The SMILES string of the molecule is O=C(Cc1cccs1)N1CCC(=O)N(Cc2ccc(F)cc2)C2(CCOC2)C1. The first-order chi connectivity index (χ1) is 13.6. The third-order valence-electron chi connectivity index (χ3n) is 5.55. The predicted octanol–water partition coefficient (Wildman–Crippen LogP) is 2.85. The molecule has 4 rings (SSSR count). The van der Waals surface area contributed by atoms with E-state index in [0.29, 0.717) is 52.1 Å². The third-order valence-corrected chi connectivity index (χ3v) is 6.43. The van der Waals surface area contributed by atoms with Crippen LogP contribution in [0, 0.1) is 5.82 Å². The summed E-state index contributed by atoms with van der Waals surface area (Å²) in [5.41, 5.74) is 0.354. The average molecular weight is 402 g/mol. The number of rotatable bonds is 4. The summed E-state index contributed by atoms with van der Waals surface area (Å²) < 4.78 is 18.9. The quantitative estimate of drug-likeness (QED) is 0.790. The number of halogens is 1. The Morgan fingerprint density at radius 1 is 1.25 bits per heavy atom. The molecule has 0 aliphatic carbocycles. The van der Waals surface area contributed by atoms with E-state index in [1.165, 1.54) is 12.1 Å². The number of nitrogens with zero attached hydrogens (tertiary/aromatic N) is 2. The molecule has 2 fully saturated rings. The largest absolute Gasteiger partial charge is 0.379 e. The zero-order chi connectivity index (χ0) is 19.6. The van der Waals surface area contributed by atoms with Crippen molar-refractivity contribution in [3.8, 4) is 0 Å². The highest BCUT2D eigenvalue weighted by Crippen LogP contribution is 2.32. The molecule has 28 heavy (non-hydrogen) atoms. The van der Waals surface area contributed by atoms with Gasteiger partial charge in [0.05, 0.1) is 18.6 Å². The van der Waals surface area contributed by atoms with Crippen molar-refractivity contribution >= 4 is 23.2 Å². The van der Waals surface area contributed by atoms with Crippen LogP contribution in [-0.4, -0.2) is 53.5 Å². The first-order valence-corrected chi connectivity index (χ1v) is 10.4. The molecule has 2 saturated heterocycles. The zero-order valence-electron chi connectivity index (χ0n) is 15.6. The van der Waals surface area contributed by atoms with Crippen LogP contribution in [0.25, 0.3) is 0 Å². The van der Waals surface area contributed by atoms with Crippen LogP contribution in [-0.2, 0) is 27.3 Å². The van der Waals surface area contributed by atoms with E-state index in [4.69, 9.17) is 4.74 Å². The van der Waals surface area contributed by atoms with Crippen molar-refractivity contribution in [3.63, 3.8) is 0 Å². The van der Waals surface area contributed by atoms with Crippen molar-refractivity contribution in [1.82, 2.24) is 9.80 Å². The summed E-state index contributed by atoms with van der Waals surface area (Å²) in [6, 6.07) is 10.1. The Morgan fingerprint density at radius 3 is 2.75 bits per heavy atom. The molecule has 7 heteroatoms. The summed E-state index contributed by atoms with van der Waals surface area (Å²) in [5.74, 6) is -0.235. The van der Waals surface area contributed by atoms with Crippen molar-refractivity contribution in [2.45, 2.75) is 31.3 Å². The lowest BCUT2D eigenvalue weighted by atomic mass is 9.94. The first kappa shape index (κ1) is 19.1. The maximum atomic E-state index is 13.3. The fourth-order valence-electron chi connectivity index (χ4n) is 4.00. The molecular weight excluding hydrogens is 379 g/mol. The number of hydrogen-bond donors (Lipinski definition) is 0. The Kier molecular flexibility index (Phi) is 5.46. The number of ether oxygens (including phenoxy) is 1. The summed E-state index contributed by atoms with van der Waals surface area (Å²) in [6.07, 6.45) is 1.35. The zero-order valence-corrected chi connectivity index (χ0v) is 16.4. The molecule has 2 aliphatic rings. The molecule has 1 spiro atoms. The number of thiophene rings is 1. The average Bonchev–Trinajstić information content (AvgIpc) is 3.34. The molecule has 1 unspecified atom stereocenters. The minimum atomic E-state index is -0.521. The number of hydrogen-bond acceptors (Lipinski definition) is 4. The molecule has 5 nitrogen and oxygen atoms in total. The Morgan fingerprint density at radius 2 is 2.07 bits per heavy atom. The second-order valence-electron chi connectivity index (χ2n) is 7.45. The molecule has 2 amide bonds. The van der Waals surface area contributed by atoms with Crippen molar-refractivity contribution < 1.29 is 18.7 Å². The van der Waals surface area contributed by atoms with E-state index < -0.39 is 5.54 Å². The fourth-order valence-corrected chi connectivity index (χ4v) is 4.69. The molecule has 2 aromatic rings. The Bertz CT molecular complexity index is 832. The van der Waals surface area contributed by atoms with E-state index in [1.54, 1.807) is 23.5 Å². The van der Waals surface area contributed by atoms with Crippen LogP contribution in [0.2, 0.25) is 0 Å². The minimum absolute atomic E-state index is 0.0150. The third kappa shape index (κ3) is 3.95. The van der Waals surface area contributed by atoms with Gasteiger partial charge < -0.3 is 14.5 Å². The molecule has 0 bridgehead atoms. The second-order valence-corrected chi connectivity index (χ2v) is 8.49. The van der Waals surface area contributed by atoms with Crippen LogP contribution in [0.4, 0.5) is 4.39 Å². The topological polar surface area (TPSA) is 49.9 Å². The number of amides is 2. The summed E-state index contributed by atoms with van der Waals surface area (Å²) in [5, 5.41) is 1.96. The van der Waals surface area contributed by atoms with Crippen LogP contribution < -0.4 is 0 Å². The van der Waals surface area contributed by atoms with Crippen molar-refractivity contribution in [1.29, 1.82) is 0 Å². The summed E-state index contributed by atoms with van der Waals surface area (Å²) >= 11 is 1.57. The fraction of sp³-hybridized carbons (Fsp3) is 0.429. The number of benzene rings is 1. The van der Waals surface area contributed by atoms with Gasteiger partial charge in [0, 0.05) is 37.5 Å². The highest BCUT2D eigenvalue weighted by molar-refractivity contribution is 7.10. The van der Waals surface area contributed by atoms with Gasteiger partial charge in [-0.25, -0.2) is 4.39 Å². The molecule has 1 aromatic carbocycles. The molecule has 0 N–H and O–H groups in total. The van der Waals surface area contributed by atoms with Gasteiger partial charge in [0.15, 0.2) is 0 Å². The summed E-state index contributed by atoms with van der Waals surface area (Å²) in [6.45, 7) is 2.28. The van der Waals surface area contributed by atoms with E-state index >= 15 is 0 Å². The van der Waals surface area contributed by atoms with Crippen LogP contribution in [0.15, 0.2) is 41.8 Å². The Labute approximate surface area is 167 Å². The molecule has 1 aromatic heterocycles. The van der Waals surface area contributed by atoms with Crippen LogP contribution in [0.5, 0.6) is 0 Å². The number of carbonyl (C=O) groups excluding carboxylic acids is 2. The molecular formula is C21H23FN2O3S. The highest BCUT2D eigenvalue weighted by atomic mass is 32.1. The smallest absolute Gasteiger partial charge is 0.227 e. The normalized spacial score (nSPS) is 22.7. The van der Waals surface area contributed by atoms with Crippen molar-refractivity contribution in [2.24, 2.45) is 0 Å². The van der Waals surface area contributed by atoms with Gasteiger partial charge in [0.1, 0.15) is 5.82 Å². The standard InChI is InChI=1S/C21H23FN2O3S/c22-17-5-3-16(4-6-17)13-24-19(25)7-9-23(14-21(24)8-10-27-15-21)20(26)12-18-2-1-11-28-18/h1-6,11H,7-10,12-15H2. The lowest BCUT2D eigenvalue weighted by Gasteiger charge is -2.40. The molecule has 2 aliphatic heterocycles. The summed E-state index contributed by atoms with van der Waals surface area (Å²) in [7, 11) is 0. The van der Waals surface area contributed by atoms with Gasteiger partial charge >= 0.3 is 0 Å². The Hall–Kier alpha value is -2.25. The van der Waals surface area contributed by atoms with E-state index in [0.717, 1.165) is 10.4 Å². The number of carbonyl (C=O) groups is 2. The van der Waals surface area contributed by atoms with Crippen LogP contribution in [0.3, 0.4) is 0 Å². The lowest BCUT2D eigenvalue weighted by Crippen LogP contribution is -2.56. The monoisotopic (exact) mass is 402 g/mol. The molecule has 0 saturated carbocycles. The summed E-state index contributed by atoms with van der Waals surface area (Å²) in [4.78, 5) is 30.6. The van der Waals surface area contributed by atoms with Crippen LogP contribution >= 0.6 is 11.3 Å². The predicted molar refractivity (Wildman–Crippen MR) is 104 cm³/mol. The van der Waals surface area contributed by atoms with Gasteiger partial charge in [0.25, 0.3) is 0 Å². The second kappa shape index (κ2) is 8.01. The van der Waals surface area contributed by atoms with Gasteiger partial charge in [-0.3, -0.25) is 9.59 Å². The molecule has 3 heterocycles. The van der Waals surface area contributed by atoms with Crippen LogP contribution in [0.1, 0.15) is 23.3 Å². The van der Waals surface area contributed by atoms with Gasteiger partial charge in [-0.05, 0) is 35.6 Å². The van der Waals surface area contributed by atoms with Gasteiger partial charge in [0.2, 0.25) is 11.8 Å². The van der Waals surface area contributed by atoms with E-state index in [9.17, 15) is 14.0 Å². The molecule has 148 valence electrons. The van der Waals surface area contributed by atoms with Crippen molar-refractivity contribution in [2.75, 3.05) is 26.3 Å². The van der Waals surface area contributed by atoms with E-state index in [-0.39, 0.29) is 17.6 Å². The molecule has 0 radical (unpaired) electrons. The maximum absolute atomic E-state index is 13.3. The highest BCUT2D eigenvalue weighted by Gasteiger charge is 2.46. The van der Waals surface area contributed by atoms with E-state index in [2.05, 4.69) is 0 Å². The molecule has 1 atom stereocenters. The van der Waals surface area contributed by atoms with Gasteiger partial charge in [-0.15, -0.1) is 11.3 Å². The van der Waals surface area contributed by atoms with Crippen molar-refractivity contribution in [3.05, 3.63) is 58.0 Å². The maximum Gasteiger partial charge on any atom is 0.227 e. The minimum Gasteiger partial charge on any atom is -0.379 e.